The van der Waals surface area contributed by atoms with Gasteiger partial charge in [-0.3, -0.25) is 4.79 Å². The van der Waals surface area contributed by atoms with Gasteiger partial charge >= 0.3 is 12.0 Å². The van der Waals surface area contributed by atoms with E-state index in [1.165, 1.54) is 0 Å². The molecule has 2 heterocycles. The fraction of sp³-hybridized carbons (Fsp3) is 0.857. The van der Waals surface area contributed by atoms with Gasteiger partial charge in [-0.2, -0.15) is 0 Å². The lowest BCUT2D eigenvalue weighted by atomic mass is 10.0. The smallest absolute Gasteiger partial charge is 0.320 e. The van der Waals surface area contributed by atoms with E-state index >= 15 is 0 Å². The minimum atomic E-state index is -0.905. The van der Waals surface area contributed by atoms with Crippen LogP contribution in [0.4, 0.5) is 4.79 Å². The van der Waals surface area contributed by atoms with Crippen molar-refractivity contribution >= 4 is 12.0 Å². The van der Waals surface area contributed by atoms with Crippen LogP contribution in [0.3, 0.4) is 0 Å². The number of carbonyl (C=O) groups is 2. The van der Waals surface area contributed by atoms with Gasteiger partial charge in [-0.05, 0) is 13.3 Å². The molecule has 2 aliphatic rings. The van der Waals surface area contributed by atoms with Gasteiger partial charge in [-0.1, -0.05) is 6.92 Å². The monoisotopic (exact) mass is 300 g/mol. The standard InChI is InChI=1S/C14H24N2O5/c1-3-10-7-20-6-5-16(10)14(19)15(4-2)12-9-21-8-11(12)13(17)18/h10-12H,3-9H2,1-2H3,(H,17,18). The maximum Gasteiger partial charge on any atom is 0.320 e. The van der Waals surface area contributed by atoms with Crippen LogP contribution in [0.5, 0.6) is 0 Å². The molecule has 0 aromatic heterocycles. The van der Waals surface area contributed by atoms with E-state index in [0.717, 1.165) is 6.42 Å². The van der Waals surface area contributed by atoms with E-state index < -0.39 is 11.9 Å². The molecule has 7 nitrogen and oxygen atoms in total. The van der Waals surface area contributed by atoms with Crippen molar-refractivity contribution < 1.29 is 24.2 Å². The first-order valence-electron chi connectivity index (χ1n) is 7.55. The van der Waals surface area contributed by atoms with Crippen molar-refractivity contribution in [2.45, 2.75) is 32.4 Å². The molecule has 2 fully saturated rings. The molecule has 0 aliphatic carbocycles. The van der Waals surface area contributed by atoms with E-state index in [2.05, 4.69) is 0 Å². The lowest BCUT2D eigenvalue weighted by Crippen LogP contribution is -2.57. The zero-order valence-electron chi connectivity index (χ0n) is 12.7. The number of morpholine rings is 1. The Morgan fingerprint density at radius 1 is 1.24 bits per heavy atom. The summed E-state index contributed by atoms with van der Waals surface area (Å²) in [6.45, 7) is 6.46. The molecule has 1 N–H and O–H groups in total. The number of rotatable bonds is 4. The summed E-state index contributed by atoms with van der Waals surface area (Å²) in [5.74, 6) is -1.55. The molecule has 0 aromatic rings. The van der Waals surface area contributed by atoms with E-state index in [0.29, 0.717) is 26.3 Å². The highest BCUT2D eigenvalue weighted by Gasteiger charge is 2.41. The number of amides is 2. The third-order valence-corrected chi connectivity index (χ3v) is 4.30. The van der Waals surface area contributed by atoms with Crippen molar-refractivity contribution in [3.8, 4) is 0 Å². The molecular formula is C14H24N2O5. The van der Waals surface area contributed by atoms with Crippen LogP contribution in [-0.2, 0) is 14.3 Å². The Bertz CT molecular complexity index is 390. The highest BCUT2D eigenvalue weighted by Crippen LogP contribution is 2.23. The summed E-state index contributed by atoms with van der Waals surface area (Å²) < 4.78 is 10.7. The highest BCUT2D eigenvalue weighted by atomic mass is 16.5. The number of ether oxygens (including phenoxy) is 2. The number of carboxylic acid groups (broad SMARTS) is 1. The molecule has 120 valence electrons. The van der Waals surface area contributed by atoms with Crippen molar-refractivity contribution in [2.24, 2.45) is 5.92 Å². The Morgan fingerprint density at radius 3 is 2.62 bits per heavy atom. The third-order valence-electron chi connectivity index (χ3n) is 4.30. The average Bonchev–Trinajstić information content (AvgIpc) is 2.97. The van der Waals surface area contributed by atoms with Gasteiger partial charge in [-0.15, -0.1) is 0 Å². The zero-order valence-corrected chi connectivity index (χ0v) is 12.7. The fourth-order valence-corrected chi connectivity index (χ4v) is 3.01. The Hall–Kier alpha value is -1.34. The van der Waals surface area contributed by atoms with Crippen LogP contribution in [0.15, 0.2) is 0 Å². The second-order valence-electron chi connectivity index (χ2n) is 5.45. The Balaban J connectivity index is 2.12. The number of urea groups is 1. The van der Waals surface area contributed by atoms with E-state index in [1.807, 2.05) is 18.7 Å². The number of carbonyl (C=O) groups excluding carboxylic acids is 1. The average molecular weight is 300 g/mol. The number of aliphatic carboxylic acids is 1. The van der Waals surface area contributed by atoms with Crippen LogP contribution in [0, 0.1) is 5.92 Å². The predicted molar refractivity (Wildman–Crippen MR) is 75.1 cm³/mol. The SMILES string of the molecule is CCC1COCCN1C(=O)N(CC)C1COCC1C(=O)O. The lowest BCUT2D eigenvalue weighted by molar-refractivity contribution is -0.142. The maximum atomic E-state index is 12.8. The predicted octanol–water partition coefficient (Wildman–Crippen LogP) is 0.639. The van der Waals surface area contributed by atoms with E-state index in [1.54, 1.807) is 4.90 Å². The van der Waals surface area contributed by atoms with Crippen molar-refractivity contribution in [1.29, 1.82) is 0 Å². The molecule has 0 radical (unpaired) electrons. The summed E-state index contributed by atoms with van der Waals surface area (Å²) in [4.78, 5) is 27.6. The Labute approximate surface area is 124 Å². The number of hydrogen-bond donors (Lipinski definition) is 1. The Kier molecular flexibility index (Phi) is 5.41. The third kappa shape index (κ3) is 3.29. The van der Waals surface area contributed by atoms with Gasteiger partial charge in [0, 0.05) is 13.1 Å². The van der Waals surface area contributed by atoms with Crippen molar-refractivity contribution in [3.05, 3.63) is 0 Å². The van der Waals surface area contributed by atoms with Crippen LogP contribution in [-0.4, -0.2) is 78.5 Å². The maximum absolute atomic E-state index is 12.8. The number of nitrogens with zero attached hydrogens (tertiary/aromatic N) is 2. The van der Waals surface area contributed by atoms with Gasteiger partial charge in [-0.25, -0.2) is 4.79 Å². The van der Waals surface area contributed by atoms with Crippen LogP contribution in [0.2, 0.25) is 0 Å². The highest BCUT2D eigenvalue weighted by molar-refractivity contribution is 5.77. The van der Waals surface area contributed by atoms with Gasteiger partial charge in [0.25, 0.3) is 0 Å². The minimum Gasteiger partial charge on any atom is -0.481 e. The first-order valence-corrected chi connectivity index (χ1v) is 7.55. The number of likely N-dealkylation sites (N-methyl/N-ethyl adjacent to an activating group) is 1. The zero-order chi connectivity index (χ0) is 15.4. The summed E-state index contributed by atoms with van der Waals surface area (Å²) in [7, 11) is 0. The quantitative estimate of drug-likeness (QED) is 0.824. The van der Waals surface area contributed by atoms with E-state index in [4.69, 9.17) is 9.47 Å². The molecule has 0 aromatic carbocycles. The largest absolute Gasteiger partial charge is 0.481 e. The first-order chi connectivity index (χ1) is 10.1. The number of carboxylic acids is 1. The summed E-state index contributed by atoms with van der Waals surface area (Å²) in [5, 5.41) is 9.27. The molecule has 2 rings (SSSR count). The van der Waals surface area contributed by atoms with Gasteiger partial charge in [0.15, 0.2) is 0 Å². The molecule has 3 unspecified atom stereocenters. The molecule has 3 atom stereocenters. The Morgan fingerprint density at radius 2 is 2.00 bits per heavy atom. The molecule has 0 spiro atoms. The molecular weight excluding hydrogens is 276 g/mol. The van der Waals surface area contributed by atoms with E-state index in [-0.39, 0.29) is 31.3 Å². The van der Waals surface area contributed by atoms with Crippen LogP contribution < -0.4 is 0 Å². The van der Waals surface area contributed by atoms with Gasteiger partial charge in [0.1, 0.15) is 5.92 Å². The second-order valence-corrected chi connectivity index (χ2v) is 5.45. The molecule has 2 aliphatic heterocycles. The number of hydrogen-bond acceptors (Lipinski definition) is 4. The first kappa shape index (κ1) is 16.0. The summed E-state index contributed by atoms with van der Waals surface area (Å²) in [6.07, 6.45) is 0.826. The van der Waals surface area contributed by atoms with Crippen molar-refractivity contribution in [3.63, 3.8) is 0 Å². The van der Waals surface area contributed by atoms with Crippen LogP contribution in [0.25, 0.3) is 0 Å². The topological polar surface area (TPSA) is 79.3 Å². The van der Waals surface area contributed by atoms with Gasteiger partial charge < -0.3 is 24.4 Å². The summed E-state index contributed by atoms with van der Waals surface area (Å²) >= 11 is 0. The fourth-order valence-electron chi connectivity index (χ4n) is 3.01. The minimum absolute atomic E-state index is 0.0610. The molecule has 2 saturated heterocycles. The molecule has 2 amide bonds. The molecule has 0 saturated carbocycles. The summed E-state index contributed by atoms with van der Waals surface area (Å²) in [5.41, 5.74) is 0. The van der Waals surface area contributed by atoms with E-state index in [9.17, 15) is 14.7 Å². The van der Waals surface area contributed by atoms with Gasteiger partial charge in [0.05, 0.1) is 38.5 Å². The normalized spacial score (nSPS) is 29.4. The summed E-state index contributed by atoms with van der Waals surface area (Å²) in [6, 6.07) is -0.430. The molecule has 0 bridgehead atoms. The van der Waals surface area contributed by atoms with Crippen LogP contribution in [0.1, 0.15) is 20.3 Å². The van der Waals surface area contributed by atoms with Crippen LogP contribution >= 0.6 is 0 Å². The van der Waals surface area contributed by atoms with Gasteiger partial charge in [0.2, 0.25) is 0 Å². The van der Waals surface area contributed by atoms with Crippen molar-refractivity contribution in [1.82, 2.24) is 9.80 Å². The second kappa shape index (κ2) is 7.09. The molecule has 21 heavy (non-hydrogen) atoms. The molecule has 7 heteroatoms. The van der Waals surface area contributed by atoms with Crippen molar-refractivity contribution in [2.75, 3.05) is 39.5 Å². The lowest BCUT2D eigenvalue weighted by Gasteiger charge is -2.40.